The summed E-state index contributed by atoms with van der Waals surface area (Å²) in [7, 11) is 0. The van der Waals surface area contributed by atoms with E-state index in [1.54, 1.807) is 32.9 Å². The van der Waals surface area contributed by atoms with Crippen LogP contribution in [0, 0.1) is 11.8 Å². The van der Waals surface area contributed by atoms with Gasteiger partial charge < -0.3 is 14.7 Å². The number of carboxylic acids is 1. The van der Waals surface area contributed by atoms with Gasteiger partial charge in [-0.3, -0.25) is 9.59 Å². The Balaban J connectivity index is 3.17. The summed E-state index contributed by atoms with van der Waals surface area (Å²) in [6, 6.07) is 7.20. The van der Waals surface area contributed by atoms with Gasteiger partial charge in [0.2, 0.25) is 5.91 Å². The monoisotopic (exact) mass is 293 g/mol. The summed E-state index contributed by atoms with van der Waals surface area (Å²) in [6.07, 6.45) is 0. The van der Waals surface area contributed by atoms with E-state index in [0.717, 1.165) is 0 Å². The number of hydrogen-bond donors (Lipinski definition) is 1. The van der Waals surface area contributed by atoms with Crippen molar-refractivity contribution in [1.82, 2.24) is 0 Å². The minimum absolute atomic E-state index is 0.116. The quantitative estimate of drug-likeness (QED) is 0.839. The lowest BCUT2D eigenvalue weighted by Gasteiger charge is -2.28. The van der Waals surface area contributed by atoms with Gasteiger partial charge in [0, 0.05) is 12.5 Å². The average molecular weight is 293 g/mol. The number of aliphatic carboxylic acids is 1. The van der Waals surface area contributed by atoms with Gasteiger partial charge in [0.1, 0.15) is 5.75 Å². The van der Waals surface area contributed by atoms with Crippen LogP contribution in [0.15, 0.2) is 24.3 Å². The first-order valence-corrected chi connectivity index (χ1v) is 7.14. The van der Waals surface area contributed by atoms with Crippen LogP contribution in [0.5, 0.6) is 5.75 Å². The summed E-state index contributed by atoms with van der Waals surface area (Å²) in [5.41, 5.74) is 0.617. The molecule has 1 unspecified atom stereocenters. The van der Waals surface area contributed by atoms with Crippen LogP contribution < -0.4 is 9.64 Å². The van der Waals surface area contributed by atoms with Crippen LogP contribution in [0.1, 0.15) is 27.7 Å². The molecule has 1 N–H and O–H groups in total. The summed E-state index contributed by atoms with van der Waals surface area (Å²) in [4.78, 5) is 25.0. The lowest BCUT2D eigenvalue weighted by Crippen LogP contribution is -2.39. The Morgan fingerprint density at radius 2 is 1.86 bits per heavy atom. The molecule has 1 amide bonds. The van der Waals surface area contributed by atoms with Crippen molar-refractivity contribution in [3.8, 4) is 5.75 Å². The van der Waals surface area contributed by atoms with E-state index >= 15 is 0 Å². The van der Waals surface area contributed by atoms with Crippen molar-refractivity contribution in [2.24, 2.45) is 11.8 Å². The topological polar surface area (TPSA) is 66.8 Å². The lowest BCUT2D eigenvalue weighted by atomic mass is 10.1. The highest BCUT2D eigenvalue weighted by molar-refractivity contribution is 5.96. The molecule has 21 heavy (non-hydrogen) atoms. The fourth-order valence-electron chi connectivity index (χ4n) is 1.93. The Morgan fingerprint density at radius 1 is 1.24 bits per heavy atom. The molecule has 5 heteroatoms. The minimum atomic E-state index is -0.926. The van der Waals surface area contributed by atoms with Crippen molar-refractivity contribution in [1.29, 1.82) is 0 Å². The largest absolute Gasteiger partial charge is 0.492 e. The second-order valence-electron chi connectivity index (χ2n) is 5.24. The highest BCUT2D eigenvalue weighted by Gasteiger charge is 2.25. The zero-order valence-corrected chi connectivity index (χ0v) is 13.0. The molecule has 0 aromatic heterocycles. The van der Waals surface area contributed by atoms with E-state index in [9.17, 15) is 9.59 Å². The third kappa shape index (κ3) is 4.48. The van der Waals surface area contributed by atoms with Crippen LogP contribution >= 0.6 is 0 Å². The molecule has 5 nitrogen and oxygen atoms in total. The van der Waals surface area contributed by atoms with Crippen molar-refractivity contribution in [3.05, 3.63) is 24.3 Å². The highest BCUT2D eigenvalue weighted by Crippen LogP contribution is 2.30. The standard InChI is InChI=1S/C16H23NO4/c1-5-21-14-9-7-6-8-13(14)17(15(18)11(2)3)10-12(4)16(19)20/h6-9,11-12H,5,10H2,1-4H3,(H,19,20). The predicted molar refractivity (Wildman–Crippen MR) is 81.6 cm³/mol. The molecule has 1 rings (SSSR count). The van der Waals surface area contributed by atoms with Crippen molar-refractivity contribution in [3.63, 3.8) is 0 Å². The van der Waals surface area contributed by atoms with E-state index in [-0.39, 0.29) is 18.4 Å². The molecule has 1 aromatic carbocycles. The van der Waals surface area contributed by atoms with Gasteiger partial charge in [0.25, 0.3) is 0 Å². The summed E-state index contributed by atoms with van der Waals surface area (Å²) in [5, 5.41) is 9.10. The van der Waals surface area contributed by atoms with E-state index in [2.05, 4.69) is 0 Å². The summed E-state index contributed by atoms with van der Waals surface area (Å²) < 4.78 is 5.55. The zero-order chi connectivity index (χ0) is 16.0. The number of nitrogens with zero attached hydrogens (tertiary/aromatic N) is 1. The first-order valence-electron chi connectivity index (χ1n) is 7.14. The van der Waals surface area contributed by atoms with Crippen molar-refractivity contribution >= 4 is 17.6 Å². The Bertz CT molecular complexity index is 499. The van der Waals surface area contributed by atoms with Gasteiger partial charge in [-0.2, -0.15) is 0 Å². The summed E-state index contributed by atoms with van der Waals surface area (Å²) >= 11 is 0. The summed E-state index contributed by atoms with van der Waals surface area (Å²) in [5.74, 6) is -1.32. The number of anilines is 1. The molecule has 0 fully saturated rings. The molecule has 0 saturated carbocycles. The Kier molecular flexibility index (Phi) is 6.21. The van der Waals surface area contributed by atoms with Crippen molar-refractivity contribution in [2.75, 3.05) is 18.1 Å². The molecular weight excluding hydrogens is 270 g/mol. The molecule has 0 spiro atoms. The predicted octanol–water partition coefficient (Wildman–Crippen LogP) is 2.80. The highest BCUT2D eigenvalue weighted by atomic mass is 16.5. The van der Waals surface area contributed by atoms with Gasteiger partial charge in [0.15, 0.2) is 0 Å². The van der Waals surface area contributed by atoms with Gasteiger partial charge in [-0.15, -0.1) is 0 Å². The third-order valence-electron chi connectivity index (χ3n) is 3.09. The second kappa shape index (κ2) is 7.67. The molecule has 0 saturated heterocycles. The van der Waals surface area contributed by atoms with E-state index in [4.69, 9.17) is 9.84 Å². The maximum atomic E-state index is 12.4. The number of amides is 1. The van der Waals surface area contributed by atoms with Gasteiger partial charge in [-0.25, -0.2) is 0 Å². The molecule has 0 aliphatic rings. The number of rotatable bonds is 7. The maximum Gasteiger partial charge on any atom is 0.308 e. The van der Waals surface area contributed by atoms with Gasteiger partial charge in [0.05, 0.1) is 18.2 Å². The van der Waals surface area contributed by atoms with E-state index in [1.165, 1.54) is 4.90 Å². The molecule has 0 radical (unpaired) electrons. The summed E-state index contributed by atoms with van der Waals surface area (Å²) in [6.45, 7) is 7.65. The van der Waals surface area contributed by atoms with Crippen molar-refractivity contribution < 1.29 is 19.4 Å². The van der Waals surface area contributed by atoms with E-state index in [1.807, 2.05) is 19.1 Å². The number of carbonyl (C=O) groups is 2. The maximum absolute atomic E-state index is 12.4. The molecular formula is C16H23NO4. The number of benzene rings is 1. The molecule has 1 atom stereocenters. The van der Waals surface area contributed by atoms with Gasteiger partial charge >= 0.3 is 5.97 Å². The SMILES string of the molecule is CCOc1ccccc1N(CC(C)C(=O)O)C(=O)C(C)C. The van der Waals surface area contributed by atoms with E-state index in [0.29, 0.717) is 18.0 Å². The number of carbonyl (C=O) groups excluding carboxylic acids is 1. The average Bonchev–Trinajstić information content (AvgIpc) is 2.44. The van der Waals surface area contributed by atoms with Crippen LogP contribution in [0.2, 0.25) is 0 Å². The number of para-hydroxylation sites is 2. The molecule has 0 heterocycles. The number of hydrogen-bond acceptors (Lipinski definition) is 3. The fourth-order valence-corrected chi connectivity index (χ4v) is 1.93. The Labute approximate surface area is 125 Å². The molecule has 116 valence electrons. The van der Waals surface area contributed by atoms with Crippen molar-refractivity contribution in [2.45, 2.75) is 27.7 Å². The molecule has 0 aliphatic carbocycles. The van der Waals surface area contributed by atoms with Crippen LogP contribution in [0.25, 0.3) is 0 Å². The van der Waals surface area contributed by atoms with Crippen LogP contribution in [0.3, 0.4) is 0 Å². The van der Waals surface area contributed by atoms with Gasteiger partial charge in [-0.1, -0.05) is 32.9 Å². The normalized spacial score (nSPS) is 12.0. The Hall–Kier alpha value is -2.04. The first-order chi connectivity index (χ1) is 9.88. The van der Waals surface area contributed by atoms with E-state index < -0.39 is 11.9 Å². The molecule has 0 aliphatic heterocycles. The third-order valence-corrected chi connectivity index (χ3v) is 3.09. The number of carboxylic acid groups (broad SMARTS) is 1. The molecule has 1 aromatic rings. The lowest BCUT2D eigenvalue weighted by molar-refractivity contribution is -0.140. The zero-order valence-electron chi connectivity index (χ0n) is 13.0. The second-order valence-corrected chi connectivity index (χ2v) is 5.24. The number of ether oxygens (including phenoxy) is 1. The van der Waals surface area contributed by atoms with Crippen LogP contribution in [-0.4, -0.2) is 30.1 Å². The molecule has 0 bridgehead atoms. The fraction of sp³-hybridized carbons (Fsp3) is 0.500. The van der Waals surface area contributed by atoms with Crippen LogP contribution in [0.4, 0.5) is 5.69 Å². The Morgan fingerprint density at radius 3 is 2.38 bits per heavy atom. The van der Waals surface area contributed by atoms with Crippen LogP contribution in [-0.2, 0) is 9.59 Å². The first kappa shape index (κ1) is 17.0. The van der Waals surface area contributed by atoms with Gasteiger partial charge in [-0.05, 0) is 19.1 Å². The smallest absolute Gasteiger partial charge is 0.308 e. The minimum Gasteiger partial charge on any atom is -0.492 e.